The molecular weight excluding hydrogens is 841 g/mol. The Hall–Kier alpha value is -9.18. The van der Waals surface area contributed by atoms with Crippen molar-refractivity contribution in [1.82, 2.24) is 15.0 Å². The Labute approximate surface area is 401 Å². The minimum Gasteiger partial charge on any atom is -0.363 e. The zero-order chi connectivity index (χ0) is 46.3. The van der Waals surface area contributed by atoms with Crippen LogP contribution in [0.4, 0.5) is 17.1 Å². The molecule has 0 spiro atoms. The third-order valence-electron chi connectivity index (χ3n) is 13.3. The van der Waals surface area contributed by atoms with E-state index in [1.165, 1.54) is 21.9 Å². The van der Waals surface area contributed by atoms with E-state index in [1.54, 1.807) is 0 Å². The summed E-state index contributed by atoms with van der Waals surface area (Å²) in [5.74, 6) is 1.73. The van der Waals surface area contributed by atoms with Gasteiger partial charge in [-0.1, -0.05) is 189 Å². The molecule has 0 bridgehead atoms. The molecule has 0 saturated heterocycles. The summed E-state index contributed by atoms with van der Waals surface area (Å²) in [4.78, 5) is 18.1. The van der Waals surface area contributed by atoms with Crippen molar-refractivity contribution in [1.29, 1.82) is 5.26 Å². The first kappa shape index (κ1) is 41.3. The highest BCUT2D eigenvalue weighted by Gasteiger charge is 2.30. The summed E-state index contributed by atoms with van der Waals surface area (Å²) in [5.41, 5.74) is 15.1. The van der Waals surface area contributed by atoms with E-state index in [9.17, 15) is 5.26 Å². The van der Waals surface area contributed by atoms with Crippen molar-refractivity contribution in [2.75, 3.05) is 10.2 Å². The number of aromatic nitrogens is 3. The van der Waals surface area contributed by atoms with Crippen LogP contribution in [0.1, 0.15) is 18.9 Å². The smallest absolute Gasteiger partial charge is 0.164 e. The maximum absolute atomic E-state index is 10.3. The average molecular weight is 885 g/mol. The van der Waals surface area contributed by atoms with Gasteiger partial charge >= 0.3 is 0 Å². The number of rotatable bonds is 9. The fraction of sp³-hybridized carbons (Fsp3) is 0.0476. The van der Waals surface area contributed by atoms with E-state index in [0.717, 1.165) is 84.3 Å². The molecule has 1 N–H and O–H groups in total. The van der Waals surface area contributed by atoms with E-state index in [1.807, 2.05) is 54.6 Å². The van der Waals surface area contributed by atoms with Gasteiger partial charge in [0.05, 0.1) is 23.0 Å². The molecule has 6 heteroatoms. The van der Waals surface area contributed by atoms with Crippen LogP contribution >= 0.6 is 0 Å². The van der Waals surface area contributed by atoms with Crippen molar-refractivity contribution in [2.24, 2.45) is 0 Å². The molecule has 0 amide bonds. The molecule has 11 aromatic rings. The van der Waals surface area contributed by atoms with Crippen LogP contribution < -0.4 is 10.2 Å². The van der Waals surface area contributed by atoms with Gasteiger partial charge in [0.15, 0.2) is 17.5 Å². The molecular formula is C63H44N6. The Morgan fingerprint density at radius 1 is 0.435 bits per heavy atom. The van der Waals surface area contributed by atoms with Gasteiger partial charge in [0, 0.05) is 22.4 Å². The summed E-state index contributed by atoms with van der Waals surface area (Å²) in [7, 11) is 0. The van der Waals surface area contributed by atoms with Gasteiger partial charge in [-0.2, -0.15) is 5.26 Å². The minimum atomic E-state index is 0.0483. The first-order valence-electron chi connectivity index (χ1n) is 23.4. The van der Waals surface area contributed by atoms with Crippen LogP contribution in [0.2, 0.25) is 0 Å². The number of fused-ring (bicyclic) bond motifs is 3. The van der Waals surface area contributed by atoms with Crippen LogP contribution in [0, 0.1) is 11.3 Å². The summed E-state index contributed by atoms with van der Waals surface area (Å²) in [5, 5.41) is 18.8. The number of anilines is 3. The number of hydrogen-bond donors (Lipinski definition) is 1. The second kappa shape index (κ2) is 17.6. The molecule has 1 aliphatic heterocycles. The fourth-order valence-electron chi connectivity index (χ4n) is 10.0. The lowest BCUT2D eigenvalue weighted by Crippen LogP contribution is -2.30. The number of nitriles is 1. The van der Waals surface area contributed by atoms with Gasteiger partial charge in [-0.15, -0.1) is 0 Å². The van der Waals surface area contributed by atoms with Crippen molar-refractivity contribution in [3.63, 3.8) is 0 Å². The quantitative estimate of drug-likeness (QED) is 0.156. The lowest BCUT2D eigenvalue weighted by molar-refractivity contribution is 0.728. The molecule has 10 aromatic carbocycles. The summed E-state index contributed by atoms with van der Waals surface area (Å²) < 4.78 is 0. The van der Waals surface area contributed by atoms with Crippen LogP contribution in [0.3, 0.4) is 0 Å². The predicted octanol–water partition coefficient (Wildman–Crippen LogP) is 16.0. The van der Waals surface area contributed by atoms with E-state index in [4.69, 9.17) is 15.0 Å². The molecule has 12 rings (SSSR count). The van der Waals surface area contributed by atoms with Gasteiger partial charge in [-0.05, 0) is 115 Å². The van der Waals surface area contributed by atoms with Crippen molar-refractivity contribution in [3.05, 3.63) is 230 Å². The van der Waals surface area contributed by atoms with Gasteiger partial charge in [-0.25, -0.2) is 15.0 Å². The third kappa shape index (κ3) is 7.53. The Bertz CT molecular complexity index is 3780. The maximum Gasteiger partial charge on any atom is 0.164 e. The summed E-state index contributed by atoms with van der Waals surface area (Å²) in [6, 6.07) is 80.6. The second-order valence-electron chi connectivity index (χ2n) is 17.4. The molecule has 326 valence electrons. The Kier molecular flexibility index (Phi) is 10.5. The van der Waals surface area contributed by atoms with Crippen LogP contribution in [0.15, 0.2) is 224 Å². The SMILES string of the molecule is CCC1Nc2cc(-c3cccc4ccccc34)ccc2N1c1cccc(-c2cc(C#N)ccc2-c2ccccc2-c2nc(-c3ccccc3)nc(-c3ccc(-c4ccccc4)c4ccccc34)n2)c1. The van der Waals surface area contributed by atoms with Crippen LogP contribution in [0.5, 0.6) is 0 Å². The monoisotopic (exact) mass is 884 g/mol. The maximum atomic E-state index is 10.3. The van der Waals surface area contributed by atoms with Crippen molar-refractivity contribution >= 4 is 38.6 Å². The number of nitrogens with one attached hydrogen (secondary N) is 1. The first-order chi connectivity index (χ1) is 34.1. The fourth-order valence-corrected chi connectivity index (χ4v) is 10.0. The van der Waals surface area contributed by atoms with Gasteiger partial charge in [0.2, 0.25) is 0 Å². The number of nitrogens with zero attached hydrogens (tertiary/aromatic N) is 5. The third-order valence-corrected chi connectivity index (χ3v) is 13.3. The van der Waals surface area contributed by atoms with E-state index in [-0.39, 0.29) is 6.17 Å². The zero-order valence-electron chi connectivity index (χ0n) is 37.9. The lowest BCUT2D eigenvalue weighted by atomic mass is 9.90. The lowest BCUT2D eigenvalue weighted by Gasteiger charge is -2.27. The zero-order valence-corrected chi connectivity index (χ0v) is 37.9. The summed E-state index contributed by atoms with van der Waals surface area (Å²) in [6.45, 7) is 2.22. The van der Waals surface area contributed by atoms with Crippen LogP contribution in [-0.4, -0.2) is 21.1 Å². The molecule has 0 fully saturated rings. The minimum absolute atomic E-state index is 0.0483. The van der Waals surface area contributed by atoms with E-state index in [2.05, 4.69) is 193 Å². The van der Waals surface area contributed by atoms with Gasteiger partial charge in [0.1, 0.15) is 6.17 Å². The van der Waals surface area contributed by atoms with E-state index < -0.39 is 0 Å². The van der Waals surface area contributed by atoms with E-state index in [0.29, 0.717) is 23.0 Å². The summed E-state index contributed by atoms with van der Waals surface area (Å²) in [6.07, 6.45) is 0.934. The number of benzene rings is 10. The highest BCUT2D eigenvalue weighted by atomic mass is 15.3. The Balaban J connectivity index is 0.975. The Morgan fingerprint density at radius 2 is 0.986 bits per heavy atom. The van der Waals surface area contributed by atoms with E-state index >= 15 is 0 Å². The molecule has 2 heterocycles. The summed E-state index contributed by atoms with van der Waals surface area (Å²) >= 11 is 0. The topological polar surface area (TPSA) is 77.7 Å². The highest BCUT2D eigenvalue weighted by molar-refractivity contribution is 6.04. The molecule has 69 heavy (non-hydrogen) atoms. The molecule has 1 aromatic heterocycles. The second-order valence-corrected chi connectivity index (χ2v) is 17.4. The van der Waals surface area contributed by atoms with Crippen molar-refractivity contribution < 1.29 is 0 Å². The van der Waals surface area contributed by atoms with Crippen molar-refractivity contribution in [2.45, 2.75) is 19.5 Å². The standard InChI is InChI=1S/C63H44N6/c1-2-60-65-58-39-46(49-30-16-22-43-19-9-10-25-48(43)49)32-36-59(58)69(60)47-24-15-23-45(38-47)57-37-41(40-64)31-33-54(57)53-28-13-14-29-55(53)62-66-61(44-20-7-4-8-21-44)67-63(68-62)56-35-34-50(42-17-5-3-6-18-42)51-26-11-12-27-52(51)56/h3-39,60,65H,2H2,1H3. The Morgan fingerprint density at radius 3 is 1.77 bits per heavy atom. The predicted molar refractivity (Wildman–Crippen MR) is 284 cm³/mol. The largest absolute Gasteiger partial charge is 0.363 e. The normalized spacial score (nSPS) is 13.0. The molecule has 1 aliphatic rings. The van der Waals surface area contributed by atoms with Crippen molar-refractivity contribution in [3.8, 4) is 84.7 Å². The van der Waals surface area contributed by atoms with Crippen LogP contribution in [-0.2, 0) is 0 Å². The van der Waals surface area contributed by atoms with Gasteiger partial charge < -0.3 is 10.2 Å². The molecule has 6 nitrogen and oxygen atoms in total. The van der Waals surface area contributed by atoms with Gasteiger partial charge in [0.25, 0.3) is 0 Å². The first-order valence-corrected chi connectivity index (χ1v) is 23.4. The molecule has 1 unspecified atom stereocenters. The molecule has 0 saturated carbocycles. The highest BCUT2D eigenvalue weighted by Crippen LogP contribution is 2.46. The van der Waals surface area contributed by atoms with Crippen LogP contribution in [0.25, 0.3) is 100 Å². The molecule has 0 aliphatic carbocycles. The van der Waals surface area contributed by atoms with Gasteiger partial charge in [-0.3, -0.25) is 0 Å². The molecule has 1 atom stereocenters. The molecule has 0 radical (unpaired) electrons. The average Bonchev–Trinajstić information content (AvgIpc) is 3.81. The number of hydrogen-bond acceptors (Lipinski definition) is 6.